The number of nitrogens with zero attached hydrogens (tertiary/aromatic N) is 1. The second-order valence-electron chi connectivity index (χ2n) is 5.38. The summed E-state index contributed by atoms with van der Waals surface area (Å²) in [6.45, 7) is 3.81. The second kappa shape index (κ2) is 7.20. The van der Waals surface area contributed by atoms with Crippen molar-refractivity contribution in [2.24, 2.45) is 0 Å². The number of fused-ring (bicyclic) bond motifs is 1. The Kier molecular flexibility index (Phi) is 5.02. The van der Waals surface area contributed by atoms with Gasteiger partial charge in [0, 0.05) is 5.02 Å². The molecule has 1 atom stereocenters. The minimum Gasteiger partial charge on any atom is -0.481 e. The van der Waals surface area contributed by atoms with Crippen LogP contribution in [-0.4, -0.2) is 17.0 Å². The summed E-state index contributed by atoms with van der Waals surface area (Å²) in [6, 6.07) is 13.2. The van der Waals surface area contributed by atoms with Gasteiger partial charge in [0.2, 0.25) is 0 Å². The zero-order valence-corrected chi connectivity index (χ0v) is 14.9. The van der Waals surface area contributed by atoms with Crippen LogP contribution in [-0.2, 0) is 11.2 Å². The van der Waals surface area contributed by atoms with E-state index in [9.17, 15) is 4.79 Å². The van der Waals surface area contributed by atoms with Crippen LogP contribution in [0.3, 0.4) is 0 Å². The third-order valence-electron chi connectivity index (χ3n) is 3.59. The van der Waals surface area contributed by atoms with Crippen molar-refractivity contribution in [3.63, 3.8) is 0 Å². The molecule has 1 aromatic heterocycles. The summed E-state index contributed by atoms with van der Waals surface area (Å²) in [5.41, 5.74) is 2.04. The zero-order valence-electron chi connectivity index (χ0n) is 13.4. The molecule has 1 unspecified atom stereocenters. The van der Waals surface area contributed by atoms with E-state index in [2.05, 4.69) is 17.2 Å². The van der Waals surface area contributed by atoms with Crippen LogP contribution in [0.2, 0.25) is 5.02 Å². The van der Waals surface area contributed by atoms with Gasteiger partial charge in [0.05, 0.1) is 10.2 Å². The Hall–Kier alpha value is -2.11. The highest BCUT2D eigenvalue weighted by atomic mass is 35.5. The highest BCUT2D eigenvalue weighted by molar-refractivity contribution is 7.22. The third-order valence-corrected chi connectivity index (χ3v) is 4.76. The number of benzene rings is 2. The summed E-state index contributed by atoms with van der Waals surface area (Å²) in [5, 5.41) is 3.98. The van der Waals surface area contributed by atoms with Crippen LogP contribution < -0.4 is 10.1 Å². The van der Waals surface area contributed by atoms with Crippen molar-refractivity contribution in [1.29, 1.82) is 0 Å². The topological polar surface area (TPSA) is 51.2 Å². The summed E-state index contributed by atoms with van der Waals surface area (Å²) in [6.07, 6.45) is 0.353. The number of ether oxygens (including phenoxy) is 1. The summed E-state index contributed by atoms with van der Waals surface area (Å²) < 4.78 is 6.62. The van der Waals surface area contributed by atoms with Gasteiger partial charge in [-0.2, -0.15) is 0 Å². The van der Waals surface area contributed by atoms with Crippen LogP contribution in [0.4, 0.5) is 5.13 Å². The summed E-state index contributed by atoms with van der Waals surface area (Å²) >= 11 is 7.35. The van der Waals surface area contributed by atoms with Crippen LogP contribution in [0.25, 0.3) is 10.2 Å². The molecule has 0 radical (unpaired) electrons. The Bertz CT molecular complexity index is 861. The van der Waals surface area contributed by atoms with E-state index in [1.54, 1.807) is 13.0 Å². The number of rotatable bonds is 5. The lowest BCUT2D eigenvalue weighted by atomic mass is 10.2. The van der Waals surface area contributed by atoms with Gasteiger partial charge in [-0.25, -0.2) is 4.98 Å². The van der Waals surface area contributed by atoms with E-state index in [0.717, 1.165) is 16.6 Å². The SMILES string of the molecule is CCc1ccc(OC(C)C(=O)Nc2nc3ccc(Cl)cc3s2)cc1. The number of aryl methyl sites for hydroxylation is 1. The third kappa shape index (κ3) is 3.86. The molecule has 4 nitrogen and oxygen atoms in total. The van der Waals surface area contributed by atoms with Gasteiger partial charge in [0.25, 0.3) is 5.91 Å². The van der Waals surface area contributed by atoms with Crippen molar-refractivity contribution in [3.8, 4) is 5.75 Å². The molecule has 0 fully saturated rings. The summed E-state index contributed by atoms with van der Waals surface area (Å²) in [5.74, 6) is 0.436. The number of aromatic nitrogens is 1. The van der Waals surface area contributed by atoms with Crippen LogP contribution in [0.5, 0.6) is 5.75 Å². The van der Waals surface area contributed by atoms with E-state index in [1.165, 1.54) is 16.9 Å². The number of thiazole rings is 1. The number of carbonyl (C=O) groups excluding carboxylic acids is 1. The molecule has 6 heteroatoms. The van der Waals surface area contributed by atoms with Gasteiger partial charge >= 0.3 is 0 Å². The second-order valence-corrected chi connectivity index (χ2v) is 6.84. The van der Waals surface area contributed by atoms with Crippen LogP contribution in [0.15, 0.2) is 42.5 Å². The van der Waals surface area contributed by atoms with Crippen LogP contribution >= 0.6 is 22.9 Å². The Labute approximate surface area is 149 Å². The van der Waals surface area contributed by atoms with Crippen LogP contribution in [0.1, 0.15) is 19.4 Å². The van der Waals surface area contributed by atoms with E-state index in [0.29, 0.717) is 15.9 Å². The fourth-order valence-corrected chi connectivity index (χ4v) is 3.37. The molecule has 3 rings (SSSR count). The number of anilines is 1. The zero-order chi connectivity index (χ0) is 17.1. The molecule has 0 spiro atoms. The smallest absolute Gasteiger partial charge is 0.266 e. The van der Waals surface area contributed by atoms with E-state index < -0.39 is 6.10 Å². The Balaban J connectivity index is 1.65. The molecule has 3 aromatic rings. The summed E-state index contributed by atoms with van der Waals surface area (Å²) in [7, 11) is 0. The Morgan fingerprint density at radius 1 is 1.29 bits per heavy atom. The lowest BCUT2D eigenvalue weighted by Crippen LogP contribution is -2.30. The number of hydrogen-bond acceptors (Lipinski definition) is 4. The fraction of sp³-hybridized carbons (Fsp3) is 0.222. The molecular weight excluding hydrogens is 344 g/mol. The molecular formula is C18H17ClN2O2S. The molecule has 0 aliphatic heterocycles. The minimum atomic E-state index is -0.618. The number of carbonyl (C=O) groups is 1. The maximum Gasteiger partial charge on any atom is 0.266 e. The van der Waals surface area contributed by atoms with E-state index in [1.807, 2.05) is 36.4 Å². The fourth-order valence-electron chi connectivity index (χ4n) is 2.22. The number of halogens is 1. The van der Waals surface area contributed by atoms with E-state index in [-0.39, 0.29) is 5.91 Å². The van der Waals surface area contributed by atoms with E-state index >= 15 is 0 Å². The van der Waals surface area contributed by atoms with Gasteiger partial charge in [-0.3, -0.25) is 10.1 Å². The molecule has 24 heavy (non-hydrogen) atoms. The van der Waals surface area contributed by atoms with Crippen molar-refractivity contribution in [2.75, 3.05) is 5.32 Å². The van der Waals surface area contributed by atoms with Gasteiger partial charge in [-0.05, 0) is 49.2 Å². The van der Waals surface area contributed by atoms with Crippen molar-refractivity contribution in [1.82, 2.24) is 4.98 Å². The standard InChI is InChI=1S/C18H17ClN2O2S/c1-3-12-4-7-14(8-5-12)23-11(2)17(22)21-18-20-15-9-6-13(19)10-16(15)24-18/h4-11H,3H2,1-2H3,(H,20,21,22). The van der Waals surface area contributed by atoms with E-state index in [4.69, 9.17) is 16.3 Å². The highest BCUT2D eigenvalue weighted by Gasteiger charge is 2.17. The molecule has 1 heterocycles. The number of hydrogen-bond donors (Lipinski definition) is 1. The van der Waals surface area contributed by atoms with Gasteiger partial charge in [0.1, 0.15) is 5.75 Å². The van der Waals surface area contributed by atoms with Crippen molar-refractivity contribution >= 4 is 44.2 Å². The summed E-state index contributed by atoms with van der Waals surface area (Å²) in [4.78, 5) is 16.7. The lowest BCUT2D eigenvalue weighted by Gasteiger charge is -2.13. The Morgan fingerprint density at radius 3 is 2.75 bits per heavy atom. The minimum absolute atomic E-state index is 0.236. The lowest BCUT2D eigenvalue weighted by molar-refractivity contribution is -0.122. The normalized spacial score (nSPS) is 12.1. The molecule has 124 valence electrons. The molecule has 0 aliphatic carbocycles. The quantitative estimate of drug-likeness (QED) is 0.702. The molecule has 0 saturated carbocycles. The highest BCUT2D eigenvalue weighted by Crippen LogP contribution is 2.28. The van der Waals surface area contributed by atoms with Crippen molar-refractivity contribution in [3.05, 3.63) is 53.1 Å². The van der Waals surface area contributed by atoms with Gasteiger partial charge in [0.15, 0.2) is 11.2 Å². The van der Waals surface area contributed by atoms with Gasteiger partial charge in [-0.1, -0.05) is 42.0 Å². The monoisotopic (exact) mass is 360 g/mol. The first kappa shape index (κ1) is 16.7. The maximum atomic E-state index is 12.3. The molecule has 1 amide bonds. The molecule has 2 aromatic carbocycles. The number of amides is 1. The predicted octanol–water partition coefficient (Wildman–Crippen LogP) is 4.92. The molecule has 0 saturated heterocycles. The van der Waals surface area contributed by atoms with Gasteiger partial charge in [-0.15, -0.1) is 0 Å². The van der Waals surface area contributed by atoms with Crippen LogP contribution in [0, 0.1) is 0 Å². The average molecular weight is 361 g/mol. The predicted molar refractivity (Wildman–Crippen MR) is 99.2 cm³/mol. The maximum absolute atomic E-state index is 12.3. The Morgan fingerprint density at radius 2 is 2.04 bits per heavy atom. The number of nitrogens with one attached hydrogen (secondary N) is 1. The first-order chi connectivity index (χ1) is 11.5. The molecule has 0 bridgehead atoms. The molecule has 1 N–H and O–H groups in total. The first-order valence-corrected chi connectivity index (χ1v) is 8.87. The average Bonchev–Trinajstić information content (AvgIpc) is 2.96. The van der Waals surface area contributed by atoms with Gasteiger partial charge < -0.3 is 4.74 Å². The van der Waals surface area contributed by atoms with Crippen molar-refractivity contribution in [2.45, 2.75) is 26.4 Å². The first-order valence-electron chi connectivity index (χ1n) is 7.67. The molecule has 0 aliphatic rings. The van der Waals surface area contributed by atoms with Crippen molar-refractivity contribution < 1.29 is 9.53 Å². The largest absolute Gasteiger partial charge is 0.481 e.